The molecule has 0 unspecified atom stereocenters. The van der Waals surface area contributed by atoms with Gasteiger partial charge in [-0.15, -0.1) is 0 Å². The molecule has 0 aromatic heterocycles. The molecule has 0 fully saturated rings. The van der Waals surface area contributed by atoms with Crippen molar-refractivity contribution in [2.24, 2.45) is 0 Å². The van der Waals surface area contributed by atoms with Crippen molar-refractivity contribution >= 4 is 16.0 Å². The molecule has 0 atom stereocenters. The topological polar surface area (TPSA) is 17.1 Å². The molecule has 0 spiro atoms. The Balaban J connectivity index is 3.63. The highest BCUT2D eigenvalue weighted by Gasteiger charge is 2.66. The van der Waals surface area contributed by atoms with Crippen molar-refractivity contribution in [2.75, 3.05) is 0 Å². The van der Waals surface area contributed by atoms with Crippen LogP contribution in [0.1, 0.15) is 29.3 Å². The van der Waals surface area contributed by atoms with E-state index in [0.29, 0.717) is 5.56 Å². The number of aryl methyl sites for hydroxylation is 1. The SMILES string of the molecule is CCC(=O)c1cc(C)ccc1S(F)(F)(F)(F)F. The number of benzene rings is 1. The fraction of sp³-hybridized carbons (Fsp3) is 0.300. The van der Waals surface area contributed by atoms with Gasteiger partial charge in [-0.2, -0.15) is 0 Å². The van der Waals surface area contributed by atoms with Gasteiger partial charge in [0.25, 0.3) is 0 Å². The quantitative estimate of drug-likeness (QED) is 0.543. The minimum absolute atomic E-state index is 0.260. The van der Waals surface area contributed by atoms with Crippen molar-refractivity contribution in [2.45, 2.75) is 25.2 Å². The Bertz CT molecular complexity index is 477. The molecule has 0 radical (unpaired) electrons. The van der Waals surface area contributed by atoms with Gasteiger partial charge in [-0.05, 0) is 19.1 Å². The summed E-state index contributed by atoms with van der Waals surface area (Å²) in [6.45, 7) is 2.75. The molecule has 1 aromatic rings. The highest BCUT2D eigenvalue weighted by atomic mass is 32.5. The Morgan fingerprint density at radius 2 is 1.71 bits per heavy atom. The molecule has 0 bridgehead atoms. The van der Waals surface area contributed by atoms with Crippen LogP contribution in [0.3, 0.4) is 0 Å². The van der Waals surface area contributed by atoms with E-state index in [1.807, 2.05) is 0 Å². The van der Waals surface area contributed by atoms with Gasteiger partial charge >= 0.3 is 10.2 Å². The molecule has 0 aliphatic carbocycles. The summed E-state index contributed by atoms with van der Waals surface area (Å²) < 4.78 is 63.4. The Morgan fingerprint density at radius 3 is 2.12 bits per heavy atom. The maximum absolute atomic E-state index is 12.7. The molecular weight excluding hydrogens is 263 g/mol. The molecule has 0 aliphatic rings. The van der Waals surface area contributed by atoms with Gasteiger partial charge in [0.2, 0.25) is 0 Å². The van der Waals surface area contributed by atoms with Crippen LogP contribution in [0, 0.1) is 6.92 Å². The van der Waals surface area contributed by atoms with Crippen LogP contribution < -0.4 is 0 Å². The second kappa shape index (κ2) is 3.22. The van der Waals surface area contributed by atoms with Gasteiger partial charge in [0.05, 0.1) is 0 Å². The van der Waals surface area contributed by atoms with Crippen LogP contribution in [0.5, 0.6) is 0 Å². The maximum atomic E-state index is 12.7. The lowest BCUT2D eigenvalue weighted by atomic mass is 10.1. The van der Waals surface area contributed by atoms with Crippen molar-refractivity contribution in [3.05, 3.63) is 29.3 Å². The van der Waals surface area contributed by atoms with Gasteiger partial charge in [-0.3, -0.25) is 4.79 Å². The number of ketones is 1. The van der Waals surface area contributed by atoms with Crippen molar-refractivity contribution in [1.82, 2.24) is 0 Å². The average molecular weight is 274 g/mol. The summed E-state index contributed by atoms with van der Waals surface area (Å²) in [7, 11) is -9.81. The summed E-state index contributed by atoms with van der Waals surface area (Å²) in [5.74, 6) is -0.947. The van der Waals surface area contributed by atoms with Gasteiger partial charge in [0.15, 0.2) is 5.78 Å². The van der Waals surface area contributed by atoms with E-state index >= 15 is 0 Å². The number of hydrogen-bond acceptors (Lipinski definition) is 1. The Labute approximate surface area is 95.4 Å². The number of halogens is 5. The van der Waals surface area contributed by atoms with E-state index in [1.54, 1.807) is 0 Å². The molecule has 0 heterocycles. The molecule has 1 rings (SSSR count). The van der Waals surface area contributed by atoms with Crippen molar-refractivity contribution in [1.29, 1.82) is 0 Å². The first-order valence-corrected chi connectivity index (χ1v) is 6.68. The first-order chi connectivity index (χ1) is 7.35. The second-order valence-electron chi connectivity index (χ2n) is 3.75. The minimum Gasteiger partial charge on any atom is -0.294 e. The van der Waals surface area contributed by atoms with E-state index in [0.717, 1.165) is 12.1 Å². The fourth-order valence-corrected chi connectivity index (χ4v) is 2.30. The highest BCUT2D eigenvalue weighted by molar-refractivity contribution is 8.45. The number of carbonyl (C=O) groups is 1. The number of rotatable bonds is 3. The third kappa shape index (κ3) is 3.18. The van der Waals surface area contributed by atoms with E-state index in [1.165, 1.54) is 13.8 Å². The average Bonchev–Trinajstić information content (AvgIpc) is 2.12. The summed E-state index contributed by atoms with van der Waals surface area (Å²) in [5.41, 5.74) is -0.626. The summed E-state index contributed by atoms with van der Waals surface area (Å²) in [6, 6.07) is 2.04. The van der Waals surface area contributed by atoms with Crippen molar-refractivity contribution in [3.8, 4) is 0 Å². The van der Waals surface area contributed by atoms with Crippen LogP contribution in [-0.4, -0.2) is 5.78 Å². The zero-order valence-corrected chi connectivity index (χ0v) is 9.96. The zero-order valence-electron chi connectivity index (χ0n) is 9.15. The standard InChI is InChI=1S/C10H11F5OS/c1-3-9(16)8-6-7(2)4-5-10(8)17(11,12,13,14)15/h4-6H,3H2,1-2H3. The second-order valence-corrected chi connectivity index (χ2v) is 6.12. The van der Waals surface area contributed by atoms with Crippen LogP contribution in [0.15, 0.2) is 23.1 Å². The van der Waals surface area contributed by atoms with Gasteiger partial charge < -0.3 is 0 Å². The molecule has 0 saturated heterocycles. The van der Waals surface area contributed by atoms with Crippen molar-refractivity contribution < 1.29 is 24.2 Å². The third-order valence-corrected chi connectivity index (χ3v) is 3.36. The van der Waals surface area contributed by atoms with Crippen LogP contribution in [0.2, 0.25) is 0 Å². The lowest BCUT2D eigenvalue weighted by Crippen LogP contribution is -2.12. The zero-order chi connectivity index (χ0) is 13.5. The minimum atomic E-state index is -9.81. The molecule has 1 aromatic carbocycles. The summed E-state index contributed by atoms with van der Waals surface area (Å²) in [4.78, 5) is 9.21. The number of hydrogen-bond donors (Lipinski definition) is 0. The normalized spacial score (nSPS) is 16.2. The third-order valence-electron chi connectivity index (χ3n) is 2.17. The first-order valence-electron chi connectivity index (χ1n) is 4.73. The molecular formula is C10H11F5OS. The Hall–Kier alpha value is -1.11. The first kappa shape index (κ1) is 14.0. The van der Waals surface area contributed by atoms with E-state index in [2.05, 4.69) is 0 Å². The molecule has 0 amide bonds. The predicted molar refractivity (Wildman–Crippen MR) is 57.2 cm³/mol. The van der Waals surface area contributed by atoms with Crippen LogP contribution in [-0.2, 0) is 0 Å². The molecule has 0 aliphatic heterocycles. The largest absolute Gasteiger partial charge is 0.311 e. The molecule has 7 heteroatoms. The maximum Gasteiger partial charge on any atom is 0.311 e. The molecule has 17 heavy (non-hydrogen) atoms. The Morgan fingerprint density at radius 1 is 1.18 bits per heavy atom. The predicted octanol–water partition coefficient (Wildman–Crippen LogP) is 5.25. The fourth-order valence-electron chi connectivity index (χ4n) is 1.39. The van der Waals surface area contributed by atoms with Gasteiger partial charge in [-0.1, -0.05) is 38.0 Å². The number of carbonyl (C=O) groups excluding carboxylic acids is 1. The van der Waals surface area contributed by atoms with Crippen LogP contribution >= 0.6 is 10.2 Å². The smallest absolute Gasteiger partial charge is 0.294 e. The van der Waals surface area contributed by atoms with Crippen LogP contribution in [0.4, 0.5) is 19.4 Å². The van der Waals surface area contributed by atoms with E-state index in [9.17, 15) is 24.2 Å². The van der Waals surface area contributed by atoms with Gasteiger partial charge in [0.1, 0.15) is 4.90 Å². The molecule has 1 nitrogen and oxygen atoms in total. The Kier molecular flexibility index (Phi) is 2.64. The van der Waals surface area contributed by atoms with E-state index in [-0.39, 0.29) is 12.5 Å². The van der Waals surface area contributed by atoms with Gasteiger partial charge in [-0.25, -0.2) is 0 Å². The molecule has 98 valence electrons. The summed E-state index contributed by atoms with van der Waals surface area (Å²) in [6.07, 6.45) is -0.260. The molecule has 0 saturated carbocycles. The van der Waals surface area contributed by atoms with Crippen LogP contribution in [0.25, 0.3) is 0 Å². The number of Topliss-reactive ketones (excluding diaryl/α,β-unsaturated/α-hetero) is 1. The summed E-state index contributed by atoms with van der Waals surface area (Å²) >= 11 is 0. The van der Waals surface area contributed by atoms with Crippen molar-refractivity contribution in [3.63, 3.8) is 0 Å². The highest BCUT2D eigenvalue weighted by Crippen LogP contribution is 3.02. The molecule has 0 N–H and O–H groups in total. The lowest BCUT2D eigenvalue weighted by Gasteiger charge is -2.41. The van der Waals surface area contributed by atoms with Gasteiger partial charge in [0, 0.05) is 12.0 Å². The van der Waals surface area contributed by atoms with E-state index in [4.69, 9.17) is 0 Å². The summed E-state index contributed by atoms with van der Waals surface area (Å²) in [5, 5.41) is 0. The monoisotopic (exact) mass is 274 g/mol. The van der Waals surface area contributed by atoms with E-state index < -0.39 is 26.5 Å². The lowest BCUT2D eigenvalue weighted by molar-refractivity contribution is 0.0983.